The van der Waals surface area contributed by atoms with Crippen LogP contribution < -0.4 is 16.6 Å². The van der Waals surface area contributed by atoms with Crippen molar-refractivity contribution in [3.05, 3.63) is 74.9 Å². The highest BCUT2D eigenvalue weighted by Crippen LogP contribution is 2.23. The molecule has 0 aliphatic heterocycles. The molecule has 0 fully saturated rings. The Balaban J connectivity index is 1.54. The highest BCUT2D eigenvalue weighted by molar-refractivity contribution is 5.75. The number of amides is 1. The van der Waals surface area contributed by atoms with Crippen molar-refractivity contribution in [2.24, 2.45) is 0 Å². The number of aryl methyl sites for hydroxylation is 1. The van der Waals surface area contributed by atoms with Gasteiger partial charge in [0.05, 0.1) is 12.1 Å². The number of rotatable bonds is 6. The molecule has 0 bridgehead atoms. The second-order valence-electron chi connectivity index (χ2n) is 5.49. The van der Waals surface area contributed by atoms with Crippen molar-refractivity contribution in [1.82, 2.24) is 20.0 Å². The third-order valence-corrected chi connectivity index (χ3v) is 3.64. The van der Waals surface area contributed by atoms with Crippen molar-refractivity contribution in [2.75, 3.05) is 0 Å². The lowest BCUT2D eigenvalue weighted by atomic mass is 10.1. The van der Waals surface area contributed by atoms with Crippen molar-refractivity contribution in [1.29, 1.82) is 0 Å². The lowest BCUT2D eigenvalue weighted by Gasteiger charge is -2.05. The Labute approximate surface area is 146 Å². The molecule has 2 N–H and O–H groups in total. The van der Waals surface area contributed by atoms with Crippen molar-refractivity contribution in [3.63, 3.8) is 0 Å². The van der Waals surface area contributed by atoms with Gasteiger partial charge in [-0.15, -0.1) is 0 Å². The number of aromatic amines is 1. The van der Waals surface area contributed by atoms with E-state index in [9.17, 15) is 18.8 Å². The topological polar surface area (TPSA) is 110 Å². The van der Waals surface area contributed by atoms with E-state index in [0.717, 1.165) is 0 Å². The quantitative estimate of drug-likeness (QED) is 0.684. The highest BCUT2D eigenvalue weighted by atomic mass is 19.1. The van der Waals surface area contributed by atoms with Gasteiger partial charge in [0.15, 0.2) is 5.76 Å². The molecular weight excluding hydrogens is 343 g/mol. The average Bonchev–Trinajstić information content (AvgIpc) is 3.08. The molecule has 0 saturated carbocycles. The maximum Gasteiger partial charge on any atom is 0.328 e. The number of nitrogens with zero attached hydrogens (tertiary/aromatic N) is 2. The monoisotopic (exact) mass is 358 g/mol. The predicted molar refractivity (Wildman–Crippen MR) is 89.7 cm³/mol. The molecule has 3 aromatic rings. The lowest BCUT2D eigenvalue weighted by Crippen LogP contribution is -2.31. The molecule has 26 heavy (non-hydrogen) atoms. The van der Waals surface area contributed by atoms with Gasteiger partial charge >= 0.3 is 5.69 Å². The minimum atomic E-state index is -0.573. The first-order valence-corrected chi connectivity index (χ1v) is 7.80. The van der Waals surface area contributed by atoms with Gasteiger partial charge in [0, 0.05) is 31.3 Å². The molecule has 0 aliphatic rings. The molecule has 8 nitrogen and oxygen atoms in total. The fourth-order valence-electron chi connectivity index (χ4n) is 2.30. The SMILES string of the molecule is O=C(CCn1ccc(=O)[nH]c1=O)NCc1cc(-c2ccccc2F)on1. The standard InChI is InChI=1S/C17H15FN4O4/c18-13-4-2-1-3-12(13)14-9-11(21-26-14)10-19-15(23)5-7-22-8-6-16(24)20-17(22)25/h1-4,6,8-9H,5,7,10H2,(H,19,23)(H,20,24,25). The van der Waals surface area contributed by atoms with Crippen molar-refractivity contribution in [3.8, 4) is 11.3 Å². The fourth-order valence-corrected chi connectivity index (χ4v) is 2.30. The van der Waals surface area contributed by atoms with Gasteiger partial charge in [0.2, 0.25) is 5.91 Å². The van der Waals surface area contributed by atoms with Gasteiger partial charge in [-0.3, -0.25) is 14.6 Å². The Kier molecular flexibility index (Phi) is 5.07. The first kappa shape index (κ1) is 17.3. The van der Waals surface area contributed by atoms with Gasteiger partial charge in [-0.25, -0.2) is 9.18 Å². The van der Waals surface area contributed by atoms with E-state index in [0.29, 0.717) is 5.69 Å². The van der Waals surface area contributed by atoms with E-state index in [1.54, 1.807) is 24.3 Å². The minimum absolute atomic E-state index is 0.0456. The van der Waals surface area contributed by atoms with Crippen LogP contribution in [0.1, 0.15) is 12.1 Å². The average molecular weight is 358 g/mol. The number of nitrogens with one attached hydrogen (secondary N) is 2. The summed E-state index contributed by atoms with van der Waals surface area (Å²) in [6.45, 7) is 0.234. The van der Waals surface area contributed by atoms with E-state index in [-0.39, 0.29) is 36.7 Å². The summed E-state index contributed by atoms with van der Waals surface area (Å²) in [7, 11) is 0. The number of aromatic nitrogens is 3. The van der Waals surface area contributed by atoms with E-state index < -0.39 is 17.1 Å². The summed E-state index contributed by atoms with van der Waals surface area (Å²) < 4.78 is 20.0. The highest BCUT2D eigenvalue weighted by Gasteiger charge is 2.11. The zero-order valence-electron chi connectivity index (χ0n) is 13.6. The second-order valence-corrected chi connectivity index (χ2v) is 5.49. The van der Waals surface area contributed by atoms with Crippen molar-refractivity contribution >= 4 is 5.91 Å². The Bertz CT molecular complexity index is 1040. The van der Waals surface area contributed by atoms with Gasteiger partial charge in [-0.1, -0.05) is 17.3 Å². The normalized spacial score (nSPS) is 10.7. The van der Waals surface area contributed by atoms with E-state index >= 15 is 0 Å². The van der Waals surface area contributed by atoms with Crippen molar-refractivity contribution < 1.29 is 13.7 Å². The van der Waals surface area contributed by atoms with Crippen LogP contribution in [0, 0.1) is 5.82 Å². The molecule has 9 heteroatoms. The summed E-state index contributed by atoms with van der Waals surface area (Å²) in [6, 6.07) is 8.90. The fraction of sp³-hybridized carbons (Fsp3) is 0.176. The summed E-state index contributed by atoms with van der Waals surface area (Å²) in [4.78, 5) is 36.5. The molecule has 0 spiro atoms. The van der Waals surface area contributed by atoms with Gasteiger partial charge in [-0.05, 0) is 12.1 Å². The Morgan fingerprint density at radius 1 is 1.27 bits per heavy atom. The van der Waals surface area contributed by atoms with E-state index in [2.05, 4.69) is 15.5 Å². The molecule has 3 rings (SSSR count). The number of carbonyl (C=O) groups is 1. The largest absolute Gasteiger partial charge is 0.356 e. The van der Waals surface area contributed by atoms with E-state index in [1.807, 2.05) is 0 Å². The van der Waals surface area contributed by atoms with Gasteiger partial charge < -0.3 is 14.4 Å². The summed E-state index contributed by atoms with van der Waals surface area (Å²) in [6.07, 6.45) is 1.37. The smallest absolute Gasteiger partial charge is 0.328 e. The second kappa shape index (κ2) is 7.60. The molecular formula is C17H15FN4O4. The van der Waals surface area contributed by atoms with Gasteiger partial charge in [0.25, 0.3) is 5.56 Å². The van der Waals surface area contributed by atoms with Crippen molar-refractivity contribution in [2.45, 2.75) is 19.5 Å². The maximum absolute atomic E-state index is 13.7. The maximum atomic E-state index is 13.7. The zero-order valence-corrected chi connectivity index (χ0v) is 13.6. The van der Waals surface area contributed by atoms with Crippen LogP contribution in [0.3, 0.4) is 0 Å². The molecule has 0 unspecified atom stereocenters. The molecule has 0 saturated heterocycles. The zero-order chi connectivity index (χ0) is 18.5. The first-order valence-electron chi connectivity index (χ1n) is 7.80. The predicted octanol–water partition coefficient (Wildman–Crippen LogP) is 1.04. The molecule has 0 aliphatic carbocycles. The Hall–Kier alpha value is -3.49. The van der Waals surface area contributed by atoms with Crippen LogP contribution in [0.2, 0.25) is 0 Å². The first-order chi connectivity index (χ1) is 12.5. The number of H-pyrrole nitrogens is 1. The van der Waals surface area contributed by atoms with Gasteiger partial charge in [-0.2, -0.15) is 0 Å². The molecule has 1 aromatic carbocycles. The molecule has 0 radical (unpaired) electrons. The Morgan fingerprint density at radius 3 is 2.85 bits per heavy atom. The summed E-state index contributed by atoms with van der Waals surface area (Å²) in [5.41, 5.74) is -0.337. The molecule has 1 amide bonds. The van der Waals surface area contributed by atoms with E-state index in [1.165, 1.54) is 22.9 Å². The van der Waals surface area contributed by atoms with Gasteiger partial charge in [0.1, 0.15) is 11.5 Å². The number of hydrogen-bond acceptors (Lipinski definition) is 5. The van der Waals surface area contributed by atoms with Crippen LogP contribution in [0.4, 0.5) is 4.39 Å². The molecule has 2 heterocycles. The van der Waals surface area contributed by atoms with E-state index in [4.69, 9.17) is 4.52 Å². The minimum Gasteiger partial charge on any atom is -0.356 e. The third-order valence-electron chi connectivity index (χ3n) is 3.64. The van der Waals surface area contributed by atoms with Crippen LogP contribution in [0.15, 0.2) is 56.7 Å². The summed E-state index contributed by atoms with van der Waals surface area (Å²) >= 11 is 0. The summed E-state index contributed by atoms with van der Waals surface area (Å²) in [5, 5.41) is 6.43. The number of halogens is 1. The lowest BCUT2D eigenvalue weighted by molar-refractivity contribution is -0.121. The number of hydrogen-bond donors (Lipinski definition) is 2. The van der Waals surface area contributed by atoms with Crippen LogP contribution >= 0.6 is 0 Å². The summed E-state index contributed by atoms with van der Waals surface area (Å²) in [5.74, 6) is -0.462. The molecule has 2 aromatic heterocycles. The van der Waals surface area contributed by atoms with Crippen LogP contribution in [-0.2, 0) is 17.9 Å². The van der Waals surface area contributed by atoms with Crippen LogP contribution in [0.25, 0.3) is 11.3 Å². The third kappa shape index (κ3) is 4.12. The molecule has 0 atom stereocenters. The Morgan fingerprint density at radius 2 is 2.08 bits per heavy atom. The van der Waals surface area contributed by atoms with Crippen LogP contribution in [0.5, 0.6) is 0 Å². The molecule has 134 valence electrons. The number of benzene rings is 1. The number of carbonyl (C=O) groups excluding carboxylic acids is 1. The van der Waals surface area contributed by atoms with Crippen LogP contribution in [-0.4, -0.2) is 20.6 Å².